The van der Waals surface area contributed by atoms with Gasteiger partial charge in [-0.2, -0.15) is 0 Å². The SMILES string of the molecule is O=C1NC(=Nc2ccc(Cl)cc2)S/C1=C\c1cc(Br)ccc1OCc1ccccc1F. The van der Waals surface area contributed by atoms with Crippen LogP contribution in [0.3, 0.4) is 0 Å². The first-order valence-electron chi connectivity index (χ1n) is 9.19. The zero-order valence-electron chi connectivity index (χ0n) is 15.9. The Bertz CT molecular complexity index is 1200. The number of amides is 1. The number of carbonyl (C=O) groups excluding carboxylic acids is 1. The lowest BCUT2D eigenvalue weighted by molar-refractivity contribution is -0.115. The number of amidine groups is 1. The summed E-state index contributed by atoms with van der Waals surface area (Å²) in [6, 6.07) is 18.9. The molecule has 8 heteroatoms. The summed E-state index contributed by atoms with van der Waals surface area (Å²) >= 11 is 10.6. The van der Waals surface area contributed by atoms with Crippen molar-refractivity contribution in [3.63, 3.8) is 0 Å². The Labute approximate surface area is 196 Å². The van der Waals surface area contributed by atoms with Gasteiger partial charge >= 0.3 is 0 Å². The van der Waals surface area contributed by atoms with Crippen LogP contribution in [0.5, 0.6) is 5.75 Å². The van der Waals surface area contributed by atoms with E-state index in [4.69, 9.17) is 16.3 Å². The highest BCUT2D eigenvalue weighted by molar-refractivity contribution is 9.10. The molecule has 0 aromatic heterocycles. The van der Waals surface area contributed by atoms with Gasteiger partial charge in [-0.05, 0) is 66.4 Å². The second-order valence-corrected chi connectivity index (χ2v) is 8.90. The van der Waals surface area contributed by atoms with Crippen molar-refractivity contribution in [1.29, 1.82) is 0 Å². The number of rotatable bonds is 5. The van der Waals surface area contributed by atoms with Crippen molar-refractivity contribution in [2.24, 2.45) is 4.99 Å². The molecule has 1 aliphatic heterocycles. The maximum Gasteiger partial charge on any atom is 0.264 e. The van der Waals surface area contributed by atoms with Crippen LogP contribution >= 0.6 is 39.3 Å². The third kappa shape index (κ3) is 5.55. The molecule has 4 nitrogen and oxygen atoms in total. The van der Waals surface area contributed by atoms with Crippen molar-refractivity contribution in [2.45, 2.75) is 6.61 Å². The molecule has 1 fully saturated rings. The lowest BCUT2D eigenvalue weighted by atomic mass is 10.1. The standard InChI is InChI=1S/C23H15BrClFN2O2S/c24-16-5-10-20(30-13-14-3-1-2-4-19(14)26)15(11-16)12-21-22(29)28-23(31-21)27-18-8-6-17(25)7-9-18/h1-12H,13H2,(H,27,28,29)/b21-12-. The van der Waals surface area contributed by atoms with Gasteiger partial charge in [0, 0.05) is 20.6 Å². The number of halogens is 3. The van der Waals surface area contributed by atoms with E-state index in [0.717, 1.165) is 4.47 Å². The third-order valence-corrected chi connectivity index (χ3v) is 5.96. The monoisotopic (exact) mass is 516 g/mol. The van der Waals surface area contributed by atoms with Gasteiger partial charge in [0.05, 0.1) is 10.6 Å². The predicted molar refractivity (Wildman–Crippen MR) is 127 cm³/mol. The summed E-state index contributed by atoms with van der Waals surface area (Å²) in [6.45, 7) is 0.0765. The van der Waals surface area contributed by atoms with Crippen molar-refractivity contribution < 1.29 is 13.9 Å². The number of benzene rings is 3. The topological polar surface area (TPSA) is 50.7 Å². The number of ether oxygens (including phenoxy) is 1. The van der Waals surface area contributed by atoms with Gasteiger partial charge < -0.3 is 10.1 Å². The molecule has 0 radical (unpaired) electrons. The van der Waals surface area contributed by atoms with Crippen molar-refractivity contribution in [1.82, 2.24) is 5.32 Å². The lowest BCUT2D eigenvalue weighted by Crippen LogP contribution is -2.19. The van der Waals surface area contributed by atoms with Crippen LogP contribution in [0.1, 0.15) is 11.1 Å². The number of hydrogen-bond acceptors (Lipinski definition) is 4. The van der Waals surface area contributed by atoms with Gasteiger partial charge in [0.15, 0.2) is 5.17 Å². The Morgan fingerprint density at radius 3 is 2.68 bits per heavy atom. The molecule has 1 aliphatic rings. The van der Waals surface area contributed by atoms with Crippen LogP contribution in [-0.2, 0) is 11.4 Å². The molecular formula is C23H15BrClFN2O2S. The van der Waals surface area contributed by atoms with Gasteiger partial charge in [0.25, 0.3) is 5.91 Å². The predicted octanol–water partition coefficient (Wildman–Crippen LogP) is 6.71. The first kappa shape index (κ1) is 21.6. The molecule has 3 aromatic rings. The molecule has 31 heavy (non-hydrogen) atoms. The summed E-state index contributed by atoms with van der Waals surface area (Å²) in [6.07, 6.45) is 1.73. The van der Waals surface area contributed by atoms with E-state index in [0.29, 0.717) is 37.7 Å². The van der Waals surface area contributed by atoms with Crippen LogP contribution in [0.2, 0.25) is 5.02 Å². The van der Waals surface area contributed by atoms with Crippen LogP contribution in [0.4, 0.5) is 10.1 Å². The minimum absolute atomic E-state index is 0.0765. The zero-order chi connectivity index (χ0) is 21.8. The van der Waals surface area contributed by atoms with E-state index in [2.05, 4.69) is 26.2 Å². The average Bonchev–Trinajstić information content (AvgIpc) is 3.09. The quantitative estimate of drug-likeness (QED) is 0.383. The molecule has 1 amide bonds. The van der Waals surface area contributed by atoms with Gasteiger partial charge in [-0.1, -0.05) is 45.7 Å². The van der Waals surface area contributed by atoms with Crippen molar-refractivity contribution in [3.05, 3.63) is 98.1 Å². The molecule has 4 rings (SSSR count). The highest BCUT2D eigenvalue weighted by Crippen LogP contribution is 2.32. The number of nitrogens with one attached hydrogen (secondary N) is 1. The fraction of sp³-hybridized carbons (Fsp3) is 0.0435. The van der Waals surface area contributed by atoms with E-state index in [1.165, 1.54) is 17.8 Å². The van der Waals surface area contributed by atoms with E-state index in [1.807, 2.05) is 12.1 Å². The fourth-order valence-corrected chi connectivity index (χ4v) is 4.13. The van der Waals surface area contributed by atoms with E-state index in [-0.39, 0.29) is 18.3 Å². The van der Waals surface area contributed by atoms with E-state index >= 15 is 0 Å². The minimum atomic E-state index is -0.326. The molecule has 0 saturated carbocycles. The second-order valence-electron chi connectivity index (χ2n) is 6.52. The van der Waals surface area contributed by atoms with E-state index < -0.39 is 0 Å². The number of aliphatic imine (C=N–C) groups is 1. The first-order chi connectivity index (χ1) is 15.0. The Morgan fingerprint density at radius 2 is 1.90 bits per heavy atom. The van der Waals surface area contributed by atoms with Gasteiger partial charge in [0.2, 0.25) is 0 Å². The summed E-state index contributed by atoms with van der Waals surface area (Å²) in [7, 11) is 0. The van der Waals surface area contributed by atoms with Crippen LogP contribution in [0.15, 0.2) is 81.1 Å². The van der Waals surface area contributed by atoms with Crippen molar-refractivity contribution in [2.75, 3.05) is 0 Å². The molecule has 1 saturated heterocycles. The van der Waals surface area contributed by atoms with Crippen molar-refractivity contribution in [3.8, 4) is 5.75 Å². The van der Waals surface area contributed by atoms with Gasteiger partial charge in [-0.3, -0.25) is 4.79 Å². The summed E-state index contributed by atoms with van der Waals surface area (Å²) in [5.74, 6) is -0.0403. The van der Waals surface area contributed by atoms with Crippen LogP contribution in [0, 0.1) is 5.82 Å². The number of thioether (sulfide) groups is 1. The Balaban J connectivity index is 1.56. The van der Waals surface area contributed by atoms with Gasteiger partial charge in [-0.25, -0.2) is 9.38 Å². The molecule has 0 spiro atoms. The number of nitrogens with zero attached hydrogens (tertiary/aromatic N) is 1. The molecule has 1 heterocycles. The maximum atomic E-state index is 13.9. The Kier molecular flexibility index (Phi) is 6.75. The molecular weight excluding hydrogens is 503 g/mol. The Morgan fingerprint density at radius 1 is 1.13 bits per heavy atom. The molecule has 0 bridgehead atoms. The normalized spacial score (nSPS) is 16.0. The van der Waals surface area contributed by atoms with Crippen LogP contribution in [-0.4, -0.2) is 11.1 Å². The van der Waals surface area contributed by atoms with E-state index in [1.54, 1.807) is 54.6 Å². The largest absolute Gasteiger partial charge is 0.488 e. The zero-order valence-corrected chi connectivity index (χ0v) is 19.1. The Hall–Kier alpha value is -2.61. The molecule has 3 aromatic carbocycles. The first-order valence-corrected chi connectivity index (χ1v) is 11.2. The summed E-state index contributed by atoms with van der Waals surface area (Å²) in [4.78, 5) is 17.4. The highest BCUT2D eigenvalue weighted by atomic mass is 79.9. The number of carbonyl (C=O) groups is 1. The van der Waals surface area contributed by atoms with Gasteiger partial charge in [-0.15, -0.1) is 0 Å². The molecule has 0 aliphatic carbocycles. The summed E-state index contributed by atoms with van der Waals surface area (Å²) in [5, 5.41) is 3.85. The highest BCUT2D eigenvalue weighted by Gasteiger charge is 2.24. The average molecular weight is 518 g/mol. The fourth-order valence-electron chi connectivity index (χ4n) is 2.79. The minimum Gasteiger partial charge on any atom is -0.488 e. The van der Waals surface area contributed by atoms with Gasteiger partial charge in [0.1, 0.15) is 18.2 Å². The third-order valence-electron chi connectivity index (χ3n) is 4.31. The van der Waals surface area contributed by atoms with Crippen LogP contribution < -0.4 is 10.1 Å². The molecule has 0 unspecified atom stereocenters. The molecule has 0 atom stereocenters. The lowest BCUT2D eigenvalue weighted by Gasteiger charge is -2.11. The van der Waals surface area contributed by atoms with E-state index in [9.17, 15) is 9.18 Å². The summed E-state index contributed by atoms with van der Waals surface area (Å²) < 4.78 is 20.6. The molecule has 156 valence electrons. The summed E-state index contributed by atoms with van der Waals surface area (Å²) in [5.41, 5.74) is 1.83. The second kappa shape index (κ2) is 9.68. The number of hydrogen-bond donors (Lipinski definition) is 1. The molecule has 1 N–H and O–H groups in total. The smallest absolute Gasteiger partial charge is 0.264 e. The van der Waals surface area contributed by atoms with Crippen molar-refractivity contribution >= 4 is 62.1 Å². The van der Waals surface area contributed by atoms with Crippen LogP contribution in [0.25, 0.3) is 6.08 Å². The maximum absolute atomic E-state index is 13.9.